The van der Waals surface area contributed by atoms with Crippen molar-refractivity contribution < 1.29 is 39.2 Å². The van der Waals surface area contributed by atoms with Crippen LogP contribution in [-0.4, -0.2) is 52.3 Å². The Morgan fingerprint density at radius 2 is 1.73 bits per heavy atom. The van der Waals surface area contributed by atoms with Gasteiger partial charge in [0.05, 0.1) is 45.9 Å². The number of alkyl halides is 3. The predicted octanol–water partition coefficient (Wildman–Crippen LogP) is 4.65. The number of carbonyl (C=O) groups is 1. The molecule has 15 heteroatoms. The third kappa shape index (κ3) is 5.64. The highest BCUT2D eigenvalue weighted by Crippen LogP contribution is 2.59. The van der Waals surface area contributed by atoms with Crippen molar-refractivity contribution in [1.29, 1.82) is 0 Å². The second kappa shape index (κ2) is 11.0. The summed E-state index contributed by atoms with van der Waals surface area (Å²) in [6, 6.07) is 10.6. The van der Waals surface area contributed by atoms with E-state index < -0.39 is 61.3 Å². The summed E-state index contributed by atoms with van der Waals surface area (Å²) >= 11 is 0. The number of halogens is 4. The highest BCUT2D eigenvalue weighted by atomic mass is 32.2. The van der Waals surface area contributed by atoms with Gasteiger partial charge in [-0.3, -0.25) is 14.1 Å². The zero-order valence-corrected chi connectivity index (χ0v) is 25.7. The molecule has 1 aromatic heterocycles. The van der Waals surface area contributed by atoms with Gasteiger partial charge in [0.25, 0.3) is 15.9 Å². The standard InChI is InChI=1S/C30H30F4N4O5S2/c1-35-21-5-7-22(8-6-21)45(42,43)38-26-9-4-19(28(39)37-17-25-24(31)15-20(16-36-25)30(32,33)34)14-23(26)29(27(38)18-2-3-18)10-12-44(40,41)13-11-29/h4-9,14-16,18,27,35H,2-3,10-13,17H2,1H3,(H,37,39). The fourth-order valence-electron chi connectivity index (χ4n) is 6.53. The maximum absolute atomic E-state index is 14.3. The number of fused-ring (bicyclic) bond motifs is 2. The van der Waals surface area contributed by atoms with Crippen LogP contribution in [-0.2, 0) is 38.0 Å². The van der Waals surface area contributed by atoms with Crippen molar-refractivity contribution >= 4 is 37.1 Å². The number of aromatic nitrogens is 1. The van der Waals surface area contributed by atoms with Crippen molar-refractivity contribution in [3.63, 3.8) is 0 Å². The quantitative estimate of drug-likeness (QED) is 0.352. The summed E-state index contributed by atoms with van der Waals surface area (Å²) in [7, 11) is -5.73. The molecule has 3 aliphatic rings. The van der Waals surface area contributed by atoms with Gasteiger partial charge in [0.2, 0.25) is 0 Å². The minimum Gasteiger partial charge on any atom is -0.388 e. The van der Waals surface area contributed by atoms with E-state index in [0.29, 0.717) is 23.5 Å². The Kier molecular flexibility index (Phi) is 7.62. The number of amides is 1. The number of sulfone groups is 1. The molecule has 1 spiro atoms. The number of carbonyl (C=O) groups excluding carboxylic acids is 1. The Labute approximate surface area is 258 Å². The zero-order valence-electron chi connectivity index (χ0n) is 24.1. The van der Waals surface area contributed by atoms with Gasteiger partial charge in [0, 0.05) is 29.9 Å². The van der Waals surface area contributed by atoms with Gasteiger partial charge in [-0.1, -0.05) is 0 Å². The molecule has 1 atom stereocenters. The molecule has 3 aromatic rings. The molecule has 3 heterocycles. The second-order valence-corrected chi connectivity index (χ2v) is 15.8. The fraction of sp³-hybridized carbons (Fsp3) is 0.400. The first-order chi connectivity index (χ1) is 21.2. The number of anilines is 2. The van der Waals surface area contributed by atoms with Gasteiger partial charge in [0.15, 0.2) is 0 Å². The fourth-order valence-corrected chi connectivity index (χ4v) is 9.88. The van der Waals surface area contributed by atoms with Crippen LogP contribution >= 0.6 is 0 Å². The molecular weight excluding hydrogens is 636 g/mol. The summed E-state index contributed by atoms with van der Waals surface area (Å²) in [5.41, 5.74) is -0.742. The second-order valence-electron chi connectivity index (χ2n) is 11.7. The van der Waals surface area contributed by atoms with Crippen LogP contribution < -0.4 is 14.9 Å². The highest BCUT2D eigenvalue weighted by Gasteiger charge is 2.60. The minimum absolute atomic E-state index is 0.00411. The molecule has 2 fully saturated rings. The number of rotatable bonds is 7. The van der Waals surface area contributed by atoms with Gasteiger partial charge in [-0.05, 0) is 85.7 Å². The molecule has 240 valence electrons. The molecule has 2 aromatic carbocycles. The molecule has 0 bridgehead atoms. The van der Waals surface area contributed by atoms with E-state index in [1.165, 1.54) is 28.6 Å². The normalized spacial score (nSPS) is 20.6. The van der Waals surface area contributed by atoms with Crippen molar-refractivity contribution in [3.8, 4) is 0 Å². The first-order valence-corrected chi connectivity index (χ1v) is 17.6. The lowest BCUT2D eigenvalue weighted by atomic mass is 9.70. The minimum atomic E-state index is -4.77. The summed E-state index contributed by atoms with van der Waals surface area (Å²) in [6.45, 7) is -0.489. The maximum atomic E-state index is 14.3. The molecule has 45 heavy (non-hydrogen) atoms. The first kappa shape index (κ1) is 31.3. The number of pyridine rings is 1. The van der Waals surface area contributed by atoms with Crippen molar-refractivity contribution in [2.75, 3.05) is 28.2 Å². The molecule has 1 amide bonds. The number of hydrogen-bond donors (Lipinski definition) is 2. The van der Waals surface area contributed by atoms with Gasteiger partial charge >= 0.3 is 6.18 Å². The van der Waals surface area contributed by atoms with Gasteiger partial charge in [-0.25, -0.2) is 21.2 Å². The van der Waals surface area contributed by atoms with E-state index in [-0.39, 0.29) is 46.4 Å². The van der Waals surface area contributed by atoms with E-state index in [4.69, 9.17) is 0 Å². The van der Waals surface area contributed by atoms with Crippen molar-refractivity contribution in [3.05, 3.63) is 82.9 Å². The van der Waals surface area contributed by atoms with E-state index in [1.807, 2.05) is 0 Å². The number of hydrogen-bond acceptors (Lipinski definition) is 7. The van der Waals surface area contributed by atoms with E-state index in [9.17, 15) is 39.2 Å². The monoisotopic (exact) mass is 666 g/mol. The predicted molar refractivity (Wildman–Crippen MR) is 159 cm³/mol. The molecule has 6 rings (SSSR count). The molecule has 2 aliphatic heterocycles. The van der Waals surface area contributed by atoms with Crippen LogP contribution in [0.25, 0.3) is 0 Å². The topological polar surface area (TPSA) is 126 Å². The lowest BCUT2D eigenvalue weighted by Gasteiger charge is -2.41. The smallest absolute Gasteiger partial charge is 0.388 e. The lowest BCUT2D eigenvalue weighted by Crippen LogP contribution is -2.52. The van der Waals surface area contributed by atoms with E-state index in [0.717, 1.165) is 18.5 Å². The van der Waals surface area contributed by atoms with Crippen LogP contribution in [0.5, 0.6) is 0 Å². The van der Waals surface area contributed by atoms with E-state index >= 15 is 0 Å². The van der Waals surface area contributed by atoms with Crippen LogP contribution in [0.1, 0.15) is 52.9 Å². The zero-order chi connectivity index (χ0) is 32.4. The third-order valence-corrected chi connectivity index (χ3v) is 12.5. The number of benzene rings is 2. The largest absolute Gasteiger partial charge is 0.417 e. The Morgan fingerprint density at radius 3 is 2.31 bits per heavy atom. The molecular formula is C30H30F4N4O5S2. The summed E-state index contributed by atoms with van der Waals surface area (Å²) in [4.78, 5) is 16.8. The summed E-state index contributed by atoms with van der Waals surface area (Å²) < 4.78 is 108. The average molecular weight is 667 g/mol. The van der Waals surface area contributed by atoms with Crippen LogP contribution in [0.3, 0.4) is 0 Å². The Hall–Kier alpha value is -3.72. The van der Waals surface area contributed by atoms with Gasteiger partial charge in [0.1, 0.15) is 15.7 Å². The Balaban J connectivity index is 1.37. The third-order valence-electron chi connectivity index (χ3n) is 9.00. The highest BCUT2D eigenvalue weighted by molar-refractivity contribution is 7.93. The summed E-state index contributed by atoms with van der Waals surface area (Å²) in [5.74, 6) is -2.16. The van der Waals surface area contributed by atoms with Crippen LogP contribution in [0, 0.1) is 11.7 Å². The lowest BCUT2D eigenvalue weighted by molar-refractivity contribution is -0.138. The van der Waals surface area contributed by atoms with Crippen molar-refractivity contribution in [2.24, 2.45) is 5.92 Å². The summed E-state index contributed by atoms with van der Waals surface area (Å²) in [6.07, 6.45) is -2.38. The number of sulfonamides is 1. The molecule has 9 nitrogen and oxygen atoms in total. The summed E-state index contributed by atoms with van der Waals surface area (Å²) in [5, 5.41) is 5.44. The number of nitrogens with zero attached hydrogens (tertiary/aromatic N) is 2. The van der Waals surface area contributed by atoms with Crippen molar-refractivity contribution in [2.45, 2.75) is 54.8 Å². The average Bonchev–Trinajstić information content (AvgIpc) is 3.80. The van der Waals surface area contributed by atoms with Crippen molar-refractivity contribution in [1.82, 2.24) is 10.3 Å². The first-order valence-electron chi connectivity index (χ1n) is 14.3. The van der Waals surface area contributed by atoms with E-state index in [2.05, 4.69) is 15.6 Å². The maximum Gasteiger partial charge on any atom is 0.417 e. The molecule has 1 saturated carbocycles. The molecule has 0 radical (unpaired) electrons. The molecule has 2 N–H and O–H groups in total. The van der Waals surface area contributed by atoms with Crippen LogP contribution in [0.2, 0.25) is 0 Å². The van der Waals surface area contributed by atoms with E-state index in [1.54, 1.807) is 25.2 Å². The Bertz CT molecular complexity index is 1860. The molecule has 1 aliphatic carbocycles. The Morgan fingerprint density at radius 1 is 1.07 bits per heavy atom. The SMILES string of the molecule is CNc1ccc(S(=O)(=O)N2c3ccc(C(=O)NCc4ncc(C(F)(F)F)cc4F)cc3C3(CCS(=O)(=O)CC3)C2C2CC2)cc1. The molecule has 1 saturated heterocycles. The van der Waals surface area contributed by atoms with Gasteiger partial charge in [-0.15, -0.1) is 0 Å². The van der Waals surface area contributed by atoms with Crippen LogP contribution in [0.15, 0.2) is 59.6 Å². The van der Waals surface area contributed by atoms with Crippen LogP contribution in [0.4, 0.5) is 28.9 Å². The number of nitrogens with one attached hydrogen (secondary N) is 2. The van der Waals surface area contributed by atoms with Gasteiger partial charge < -0.3 is 10.6 Å². The van der Waals surface area contributed by atoms with Gasteiger partial charge in [-0.2, -0.15) is 13.2 Å². The molecule has 1 unspecified atom stereocenters.